The van der Waals surface area contributed by atoms with E-state index in [0.29, 0.717) is 11.5 Å². The highest BCUT2D eigenvalue weighted by atomic mass is 16.3. The van der Waals surface area contributed by atoms with Gasteiger partial charge in [-0.2, -0.15) is 5.10 Å². The van der Waals surface area contributed by atoms with E-state index < -0.39 is 0 Å². The van der Waals surface area contributed by atoms with E-state index in [9.17, 15) is 9.90 Å². The molecule has 0 spiro atoms. The minimum atomic E-state index is -0.0791. The number of benzene rings is 1. The average molecular weight is 428 g/mol. The monoisotopic (exact) mass is 427 g/mol. The topological polar surface area (TPSA) is 84.1 Å². The highest BCUT2D eigenvalue weighted by Gasteiger charge is 2.24. The maximum atomic E-state index is 12.9. The fourth-order valence-electron chi connectivity index (χ4n) is 4.26. The first kappa shape index (κ1) is 20.3. The molecule has 0 aliphatic carbocycles. The normalized spacial score (nSPS) is 14.0. The lowest BCUT2D eigenvalue weighted by Crippen LogP contribution is -2.45. The molecule has 0 unspecified atom stereocenters. The first-order valence-corrected chi connectivity index (χ1v) is 10.8. The van der Waals surface area contributed by atoms with Crippen LogP contribution >= 0.6 is 0 Å². The van der Waals surface area contributed by atoms with Crippen LogP contribution in [0.4, 0.5) is 5.82 Å². The van der Waals surface area contributed by atoms with Crippen LogP contribution in [0.2, 0.25) is 0 Å². The Bertz CT molecular complexity index is 1310. The van der Waals surface area contributed by atoms with Crippen LogP contribution < -0.4 is 4.90 Å². The highest BCUT2D eigenvalue weighted by Crippen LogP contribution is 2.28. The predicted octanol–water partition coefficient (Wildman–Crippen LogP) is 3.40. The summed E-state index contributed by atoms with van der Waals surface area (Å²) in [6.45, 7) is 4.09. The lowest BCUT2D eigenvalue weighted by molar-refractivity contribution is 0.0992. The summed E-state index contributed by atoms with van der Waals surface area (Å²) in [7, 11) is 1.82. The molecular formula is C25H25N5O2. The molecule has 4 heterocycles. The van der Waals surface area contributed by atoms with Crippen LogP contribution in [0.15, 0.2) is 55.0 Å². The number of rotatable bonds is 6. The molecule has 7 nitrogen and oxygen atoms in total. The van der Waals surface area contributed by atoms with Gasteiger partial charge in [0, 0.05) is 54.7 Å². The van der Waals surface area contributed by atoms with E-state index in [1.807, 2.05) is 31.3 Å². The smallest absolute Gasteiger partial charge is 0.169 e. The van der Waals surface area contributed by atoms with Crippen LogP contribution in [0.3, 0.4) is 0 Å². The third kappa shape index (κ3) is 3.76. The van der Waals surface area contributed by atoms with E-state index >= 15 is 0 Å². The van der Waals surface area contributed by atoms with Gasteiger partial charge in [-0.1, -0.05) is 19.1 Å². The lowest BCUT2D eigenvalue weighted by Gasteiger charge is -2.38. The second-order valence-corrected chi connectivity index (χ2v) is 8.54. The molecule has 1 aliphatic heterocycles. The minimum absolute atomic E-state index is 0.0278. The molecule has 1 fully saturated rings. The maximum Gasteiger partial charge on any atom is 0.169 e. The Balaban J connectivity index is 1.40. The summed E-state index contributed by atoms with van der Waals surface area (Å²) < 4.78 is 1.68. The zero-order valence-corrected chi connectivity index (χ0v) is 18.2. The van der Waals surface area contributed by atoms with Crippen LogP contribution in [0.25, 0.3) is 21.9 Å². The van der Waals surface area contributed by atoms with E-state index in [1.54, 1.807) is 29.3 Å². The van der Waals surface area contributed by atoms with Crippen molar-refractivity contribution in [3.8, 4) is 11.1 Å². The van der Waals surface area contributed by atoms with Crippen LogP contribution in [0.1, 0.15) is 28.7 Å². The average Bonchev–Trinajstić information content (AvgIpc) is 3.17. The molecule has 1 saturated heterocycles. The summed E-state index contributed by atoms with van der Waals surface area (Å²) in [5.74, 6) is 1.56. The second kappa shape index (κ2) is 8.16. The number of nitrogens with zero attached hydrogens (tertiary/aromatic N) is 5. The van der Waals surface area contributed by atoms with Crippen molar-refractivity contribution in [1.82, 2.24) is 19.7 Å². The van der Waals surface area contributed by atoms with Crippen molar-refractivity contribution in [2.45, 2.75) is 20.0 Å². The largest absolute Gasteiger partial charge is 0.390 e. The molecule has 0 bridgehead atoms. The third-order valence-electron chi connectivity index (χ3n) is 6.10. The van der Waals surface area contributed by atoms with Gasteiger partial charge in [0.15, 0.2) is 5.78 Å². The van der Waals surface area contributed by atoms with E-state index in [1.165, 1.54) is 0 Å². The quantitative estimate of drug-likeness (QED) is 0.475. The SMILES string of the molecule is CC1CN(c2cc(C(=O)Cc3cc4cc(-c5cnn(C)c5CO)ccc4cn3)ccn2)C1. The summed E-state index contributed by atoms with van der Waals surface area (Å²) in [6, 6.07) is 11.7. The van der Waals surface area contributed by atoms with E-state index in [2.05, 4.69) is 33.0 Å². The number of aromatic nitrogens is 4. The van der Waals surface area contributed by atoms with Crippen LogP contribution in [0, 0.1) is 5.92 Å². The molecule has 1 N–H and O–H groups in total. The van der Waals surface area contributed by atoms with Gasteiger partial charge in [0.05, 0.1) is 24.9 Å². The standard InChI is InChI=1S/C25H25N5O2/c1-16-13-30(14-16)25-9-18(5-6-26-25)24(32)10-21-8-20-7-17(3-4-19(20)11-27-21)22-12-28-29(2)23(22)15-31/h3-9,11-12,16,31H,10,13-15H2,1-2H3. The number of ketones is 1. The van der Waals surface area contributed by atoms with Gasteiger partial charge < -0.3 is 10.0 Å². The van der Waals surface area contributed by atoms with Crippen molar-refractivity contribution in [3.63, 3.8) is 0 Å². The zero-order valence-electron chi connectivity index (χ0n) is 18.2. The summed E-state index contributed by atoms with van der Waals surface area (Å²) in [6.07, 6.45) is 5.50. The number of anilines is 1. The van der Waals surface area contributed by atoms with Gasteiger partial charge in [0.1, 0.15) is 5.82 Å². The Kier molecular flexibility index (Phi) is 5.19. The van der Waals surface area contributed by atoms with Gasteiger partial charge in [-0.3, -0.25) is 14.5 Å². The van der Waals surface area contributed by atoms with Gasteiger partial charge in [-0.25, -0.2) is 4.98 Å². The van der Waals surface area contributed by atoms with Gasteiger partial charge in [0.2, 0.25) is 0 Å². The molecule has 0 atom stereocenters. The van der Waals surface area contributed by atoms with Crippen molar-refractivity contribution in [1.29, 1.82) is 0 Å². The number of hydrogen-bond donors (Lipinski definition) is 1. The van der Waals surface area contributed by atoms with Gasteiger partial charge in [-0.15, -0.1) is 0 Å². The summed E-state index contributed by atoms with van der Waals surface area (Å²) in [4.78, 5) is 24.1. The van der Waals surface area contributed by atoms with Crippen LogP contribution in [-0.4, -0.2) is 43.7 Å². The Hall–Kier alpha value is -3.58. The van der Waals surface area contributed by atoms with Crippen molar-refractivity contribution < 1.29 is 9.90 Å². The van der Waals surface area contributed by atoms with Crippen LogP contribution in [-0.2, 0) is 20.1 Å². The third-order valence-corrected chi connectivity index (χ3v) is 6.10. The number of carbonyl (C=O) groups excluding carboxylic acids is 1. The molecule has 3 aromatic heterocycles. The van der Waals surface area contributed by atoms with E-state index in [4.69, 9.17) is 0 Å². The minimum Gasteiger partial charge on any atom is -0.390 e. The molecule has 0 radical (unpaired) electrons. The predicted molar refractivity (Wildman–Crippen MR) is 124 cm³/mol. The number of aryl methyl sites for hydroxylation is 1. The molecule has 1 aliphatic rings. The van der Waals surface area contributed by atoms with Crippen molar-refractivity contribution in [3.05, 3.63) is 71.9 Å². The zero-order chi connectivity index (χ0) is 22.2. The van der Waals surface area contributed by atoms with Crippen LogP contribution in [0.5, 0.6) is 0 Å². The highest BCUT2D eigenvalue weighted by molar-refractivity contribution is 5.98. The molecule has 32 heavy (non-hydrogen) atoms. The number of pyridine rings is 2. The molecular weight excluding hydrogens is 402 g/mol. The first-order chi connectivity index (χ1) is 15.5. The summed E-state index contributed by atoms with van der Waals surface area (Å²) in [5.41, 5.74) is 4.02. The Labute approximate surface area is 186 Å². The maximum absolute atomic E-state index is 12.9. The number of carbonyl (C=O) groups is 1. The van der Waals surface area contributed by atoms with Gasteiger partial charge in [0.25, 0.3) is 0 Å². The van der Waals surface area contributed by atoms with E-state index in [-0.39, 0.29) is 18.8 Å². The van der Waals surface area contributed by atoms with Crippen molar-refractivity contribution >= 4 is 22.4 Å². The molecule has 0 saturated carbocycles. The van der Waals surface area contributed by atoms with Gasteiger partial charge in [-0.05, 0) is 41.1 Å². The fraction of sp³-hybridized carbons (Fsp3) is 0.280. The molecule has 5 rings (SSSR count). The number of fused-ring (bicyclic) bond motifs is 1. The molecule has 162 valence electrons. The van der Waals surface area contributed by atoms with Gasteiger partial charge >= 0.3 is 0 Å². The van der Waals surface area contributed by atoms with Crippen molar-refractivity contribution in [2.24, 2.45) is 13.0 Å². The lowest BCUT2D eigenvalue weighted by atomic mass is 10.0. The number of aliphatic hydroxyl groups excluding tert-OH is 1. The number of aliphatic hydroxyl groups is 1. The Morgan fingerprint density at radius 2 is 1.94 bits per heavy atom. The Morgan fingerprint density at radius 1 is 1.09 bits per heavy atom. The molecule has 7 heteroatoms. The van der Waals surface area contributed by atoms with E-state index in [0.717, 1.165) is 52.2 Å². The number of hydrogen-bond acceptors (Lipinski definition) is 6. The summed E-state index contributed by atoms with van der Waals surface area (Å²) >= 11 is 0. The number of Topliss-reactive ketones (excluding diaryl/α,β-unsaturated/α-hetero) is 1. The van der Waals surface area contributed by atoms with Crippen molar-refractivity contribution in [2.75, 3.05) is 18.0 Å². The fourth-order valence-corrected chi connectivity index (χ4v) is 4.26. The summed E-state index contributed by atoms with van der Waals surface area (Å²) in [5, 5.41) is 15.9. The molecule has 1 aromatic carbocycles. The molecule has 4 aromatic rings. The second-order valence-electron chi connectivity index (χ2n) is 8.54. The molecule has 0 amide bonds. The first-order valence-electron chi connectivity index (χ1n) is 10.8. The Morgan fingerprint density at radius 3 is 2.72 bits per heavy atom.